The predicted molar refractivity (Wildman–Crippen MR) is 226 cm³/mol. The van der Waals surface area contributed by atoms with E-state index >= 15 is 0 Å². The van der Waals surface area contributed by atoms with Crippen molar-refractivity contribution in [3.63, 3.8) is 0 Å². The van der Waals surface area contributed by atoms with Gasteiger partial charge in [0.2, 0.25) is 53.2 Å². The Balaban J connectivity index is 3.14. The monoisotopic (exact) mass is 916 g/mol. The molecule has 0 spiro atoms. The molecule has 0 radical (unpaired) electrons. The third-order valence-electron chi connectivity index (χ3n) is 9.98. The van der Waals surface area contributed by atoms with Crippen LogP contribution in [0.25, 0.3) is 0 Å². The second kappa shape index (κ2) is 29.0. The van der Waals surface area contributed by atoms with E-state index in [2.05, 4.69) is 37.2 Å². The predicted octanol–water partition coefficient (Wildman–Crippen LogP) is -6.12. The Morgan fingerprint density at radius 2 is 1.06 bits per heavy atom. The van der Waals surface area contributed by atoms with Gasteiger partial charge in [-0.2, -0.15) is 0 Å². The lowest BCUT2D eigenvalue weighted by molar-refractivity contribution is -0.143. The van der Waals surface area contributed by atoms with Crippen LogP contribution in [0.3, 0.4) is 0 Å². The number of nitrogens with zero attached hydrogens (tertiary/aromatic N) is 1. The van der Waals surface area contributed by atoms with Crippen molar-refractivity contribution in [3.8, 4) is 0 Å². The number of rotatable bonds is 30. The Kier molecular flexibility index (Phi) is 25.6. The zero-order valence-electron chi connectivity index (χ0n) is 36.9. The summed E-state index contributed by atoms with van der Waals surface area (Å²) in [5.74, 6) is -9.60. The molecule has 0 aromatic carbocycles. The minimum atomic E-state index is -1.69. The summed E-state index contributed by atoms with van der Waals surface area (Å²) in [6.07, 6.45) is 1.20. The van der Waals surface area contributed by atoms with Crippen molar-refractivity contribution in [1.29, 1.82) is 0 Å². The summed E-state index contributed by atoms with van der Waals surface area (Å²) in [5.41, 5.74) is 16.5. The number of likely N-dealkylation sites (tertiary alicyclic amines) is 1. The summed E-state index contributed by atoms with van der Waals surface area (Å²) >= 11 is 0. The number of carbonyl (C=O) groups excluding carboxylic acids is 9. The molecule has 0 unspecified atom stereocenters. The van der Waals surface area contributed by atoms with Crippen LogP contribution in [-0.4, -0.2) is 172 Å². The Hall–Kier alpha value is -5.50. The normalized spacial score (nSPS) is 16.9. The molecule has 0 bridgehead atoms. The lowest BCUT2D eigenvalue weighted by Crippen LogP contribution is -2.61. The number of unbranched alkanes of at least 4 members (excludes halogenated alkanes) is 1. The first-order valence-electron chi connectivity index (χ1n) is 21.3. The van der Waals surface area contributed by atoms with E-state index < -0.39 is 134 Å². The summed E-state index contributed by atoms with van der Waals surface area (Å²) in [6.45, 7) is 3.75. The van der Waals surface area contributed by atoms with Gasteiger partial charge in [0.1, 0.15) is 48.8 Å². The van der Waals surface area contributed by atoms with Crippen LogP contribution in [-0.2, 0) is 47.9 Å². The minimum absolute atomic E-state index is 0.0140. The molecule has 9 amide bonds. The number of nitrogens with one attached hydrogen (secondary N) is 7. The number of hydrogen-bond acceptors (Lipinski definition) is 15. The van der Waals surface area contributed by atoms with Crippen LogP contribution in [0.2, 0.25) is 0 Å². The molecule has 17 N–H and O–H groups in total. The standard InChI is InChI=1S/C39H69N11O14/c1-20(2)14-24(45-36(61)26(17-51)47-33(58)23(8-5-6-12-40)44-32(57)22(41)10-11-30(42)54)34(59)48-27(18-52)37(62)46-25(15-21(3)4)35(60)49-28(19-53)39(64)50-13-7-9-29(50)38(63)43-16-31(55)56/h20-29,51-53H,5-19,40-41H2,1-4H3,(H2,42,54)(H,43,63)(H,44,57)(H,45,61)(H,46,62)(H,47,58)(H,48,59)(H,49,60)(H,55,56)/t22-,23-,24-,25-,26-,27-,28-,29-/m0/s1. The zero-order valence-corrected chi connectivity index (χ0v) is 36.9. The van der Waals surface area contributed by atoms with Gasteiger partial charge in [0.05, 0.1) is 25.9 Å². The first-order valence-corrected chi connectivity index (χ1v) is 21.3. The fourth-order valence-corrected chi connectivity index (χ4v) is 6.59. The third-order valence-corrected chi connectivity index (χ3v) is 9.98. The van der Waals surface area contributed by atoms with E-state index in [1.807, 2.05) is 0 Å². The molecule has 1 heterocycles. The molecule has 364 valence electrons. The lowest BCUT2D eigenvalue weighted by atomic mass is 10.0. The van der Waals surface area contributed by atoms with Crippen molar-refractivity contribution in [2.24, 2.45) is 29.0 Å². The number of aliphatic hydroxyl groups is 3. The molecule has 0 aromatic heterocycles. The summed E-state index contributed by atoms with van der Waals surface area (Å²) in [6, 6.07) is -11.1. The highest BCUT2D eigenvalue weighted by Crippen LogP contribution is 2.19. The number of aliphatic carboxylic acids is 1. The van der Waals surface area contributed by atoms with Crippen LogP contribution in [0.4, 0.5) is 0 Å². The van der Waals surface area contributed by atoms with Gasteiger partial charge >= 0.3 is 5.97 Å². The molecule has 0 saturated carbocycles. The highest BCUT2D eigenvalue weighted by molar-refractivity contribution is 5.98. The molecule has 0 aliphatic carbocycles. The number of nitrogens with two attached hydrogens (primary N) is 3. The molecule has 0 aromatic rings. The number of primary amides is 1. The molecular formula is C39H69N11O14. The van der Waals surface area contributed by atoms with E-state index in [4.69, 9.17) is 22.3 Å². The van der Waals surface area contributed by atoms with Gasteiger partial charge in [-0.3, -0.25) is 47.9 Å². The van der Waals surface area contributed by atoms with Gasteiger partial charge < -0.3 is 79.7 Å². The topological polar surface area (TPSA) is 417 Å². The number of carboxylic acids is 1. The maximum Gasteiger partial charge on any atom is 0.322 e. The molecule has 25 heteroatoms. The summed E-state index contributed by atoms with van der Waals surface area (Å²) in [4.78, 5) is 129. The fraction of sp³-hybridized carbons (Fsp3) is 0.744. The van der Waals surface area contributed by atoms with E-state index in [-0.39, 0.29) is 63.5 Å². The van der Waals surface area contributed by atoms with E-state index in [9.17, 15) is 63.3 Å². The maximum absolute atomic E-state index is 13.6. The molecule has 1 saturated heterocycles. The lowest BCUT2D eigenvalue weighted by Gasteiger charge is -2.29. The highest BCUT2D eigenvalue weighted by Gasteiger charge is 2.39. The van der Waals surface area contributed by atoms with Crippen LogP contribution in [0.1, 0.15) is 85.5 Å². The van der Waals surface area contributed by atoms with Crippen LogP contribution in [0.5, 0.6) is 0 Å². The number of carbonyl (C=O) groups is 10. The van der Waals surface area contributed by atoms with Crippen molar-refractivity contribution in [2.45, 2.75) is 134 Å². The number of amides is 9. The second-order valence-corrected chi connectivity index (χ2v) is 16.4. The van der Waals surface area contributed by atoms with Crippen molar-refractivity contribution in [3.05, 3.63) is 0 Å². The first kappa shape index (κ1) is 56.5. The van der Waals surface area contributed by atoms with Crippen LogP contribution >= 0.6 is 0 Å². The third kappa shape index (κ3) is 19.9. The van der Waals surface area contributed by atoms with E-state index in [0.717, 1.165) is 4.90 Å². The maximum atomic E-state index is 13.6. The van der Waals surface area contributed by atoms with Gasteiger partial charge in [-0.1, -0.05) is 27.7 Å². The first-order chi connectivity index (χ1) is 30.1. The Labute approximate surface area is 371 Å². The second-order valence-electron chi connectivity index (χ2n) is 16.4. The van der Waals surface area contributed by atoms with Gasteiger partial charge in [-0.05, 0) is 69.7 Å². The number of hydrogen-bond donors (Lipinski definition) is 14. The Bertz CT molecular complexity index is 1620. The molecule has 25 nitrogen and oxygen atoms in total. The molecule has 8 atom stereocenters. The van der Waals surface area contributed by atoms with Crippen LogP contribution in [0.15, 0.2) is 0 Å². The van der Waals surface area contributed by atoms with Gasteiger partial charge in [-0.15, -0.1) is 0 Å². The molecule has 1 aliphatic heterocycles. The van der Waals surface area contributed by atoms with Crippen molar-refractivity contribution in [1.82, 2.24) is 42.1 Å². The van der Waals surface area contributed by atoms with Gasteiger partial charge in [-0.25, -0.2) is 0 Å². The molecule has 1 aliphatic rings. The molecule has 1 fully saturated rings. The SMILES string of the molecule is CC(C)C[C@H](NC(=O)[C@H](CO)NC(=O)[C@H](CCCCN)NC(=O)[C@@H](N)CCC(N)=O)C(=O)N[C@@H](CO)C(=O)N[C@@H](CC(C)C)C(=O)N[C@@H](CO)C(=O)N1CCC[C@H]1C(=O)NCC(=O)O. The van der Waals surface area contributed by atoms with Gasteiger partial charge in [0.25, 0.3) is 0 Å². The van der Waals surface area contributed by atoms with Crippen molar-refractivity contribution < 1.29 is 68.4 Å². The average molecular weight is 916 g/mol. The average Bonchev–Trinajstić information content (AvgIpc) is 3.73. The zero-order chi connectivity index (χ0) is 48.7. The summed E-state index contributed by atoms with van der Waals surface area (Å²) < 4.78 is 0. The fourth-order valence-electron chi connectivity index (χ4n) is 6.59. The highest BCUT2D eigenvalue weighted by atomic mass is 16.4. The van der Waals surface area contributed by atoms with Gasteiger partial charge in [0.15, 0.2) is 0 Å². The van der Waals surface area contributed by atoms with Crippen molar-refractivity contribution >= 4 is 59.1 Å². The summed E-state index contributed by atoms with van der Waals surface area (Å²) in [7, 11) is 0. The van der Waals surface area contributed by atoms with Crippen LogP contribution < -0.4 is 54.4 Å². The smallest absolute Gasteiger partial charge is 0.322 e. The number of aliphatic hydroxyl groups excluding tert-OH is 3. The molecule has 1 rings (SSSR count). The van der Waals surface area contributed by atoms with Gasteiger partial charge in [0, 0.05) is 13.0 Å². The van der Waals surface area contributed by atoms with Crippen LogP contribution in [0, 0.1) is 11.8 Å². The largest absolute Gasteiger partial charge is 0.480 e. The minimum Gasteiger partial charge on any atom is -0.480 e. The van der Waals surface area contributed by atoms with Crippen molar-refractivity contribution in [2.75, 3.05) is 39.5 Å². The van der Waals surface area contributed by atoms with E-state index in [1.165, 1.54) is 0 Å². The quantitative estimate of drug-likeness (QED) is 0.0298. The molecule has 64 heavy (non-hydrogen) atoms. The van der Waals surface area contributed by atoms with E-state index in [0.29, 0.717) is 19.3 Å². The summed E-state index contributed by atoms with van der Waals surface area (Å²) in [5, 5.41) is 55.9. The Morgan fingerprint density at radius 3 is 1.50 bits per heavy atom. The Morgan fingerprint density at radius 1 is 0.625 bits per heavy atom. The molecular weight excluding hydrogens is 846 g/mol. The number of carboxylic acid groups (broad SMARTS) is 1. The van der Waals surface area contributed by atoms with E-state index in [1.54, 1.807) is 27.7 Å².